The van der Waals surface area contributed by atoms with Crippen molar-refractivity contribution in [3.8, 4) is 0 Å². The van der Waals surface area contributed by atoms with Gasteiger partial charge in [-0.05, 0) is 51.5 Å². The van der Waals surface area contributed by atoms with Crippen LogP contribution in [0.2, 0.25) is 0 Å². The number of carbonyl (C=O) groups is 1. The summed E-state index contributed by atoms with van der Waals surface area (Å²) in [6.07, 6.45) is 0. The van der Waals surface area contributed by atoms with Gasteiger partial charge in [-0.3, -0.25) is 4.79 Å². The molecule has 88 valence electrons. The highest BCUT2D eigenvalue weighted by molar-refractivity contribution is 5.98. The molecule has 0 amide bonds. The second kappa shape index (κ2) is 4.74. The number of aryl methyl sites for hydroxylation is 1. The first-order valence-electron chi connectivity index (χ1n) is 5.34. The fourth-order valence-electron chi connectivity index (χ4n) is 1.38. The van der Waals surface area contributed by atoms with E-state index >= 15 is 0 Å². The van der Waals surface area contributed by atoms with Gasteiger partial charge in [0.1, 0.15) is 5.82 Å². The van der Waals surface area contributed by atoms with E-state index in [4.69, 9.17) is 0 Å². The second-order valence-electron chi connectivity index (χ2n) is 4.99. The lowest BCUT2D eigenvalue weighted by molar-refractivity contribution is 0.0981. The number of halogens is 1. The molecule has 0 spiro atoms. The molecule has 0 aromatic heterocycles. The van der Waals surface area contributed by atoms with Crippen molar-refractivity contribution in [2.75, 3.05) is 6.54 Å². The predicted molar refractivity (Wildman–Crippen MR) is 63.2 cm³/mol. The van der Waals surface area contributed by atoms with E-state index in [2.05, 4.69) is 5.32 Å². The molecule has 16 heavy (non-hydrogen) atoms. The first-order valence-corrected chi connectivity index (χ1v) is 5.34. The van der Waals surface area contributed by atoms with Crippen molar-refractivity contribution in [3.63, 3.8) is 0 Å². The van der Waals surface area contributed by atoms with Crippen LogP contribution < -0.4 is 5.32 Å². The maximum Gasteiger partial charge on any atom is 0.176 e. The molecule has 0 aliphatic heterocycles. The molecule has 0 unspecified atom stereocenters. The normalized spacial score (nSPS) is 11.6. The van der Waals surface area contributed by atoms with Crippen molar-refractivity contribution >= 4 is 5.78 Å². The molecule has 1 N–H and O–H groups in total. The van der Waals surface area contributed by atoms with Gasteiger partial charge in [0, 0.05) is 11.1 Å². The average Bonchev–Trinajstić information content (AvgIpc) is 2.13. The van der Waals surface area contributed by atoms with Gasteiger partial charge in [0.15, 0.2) is 5.78 Å². The summed E-state index contributed by atoms with van der Waals surface area (Å²) in [4.78, 5) is 11.8. The summed E-state index contributed by atoms with van der Waals surface area (Å²) in [5.41, 5.74) is 1.17. The molecule has 0 atom stereocenters. The van der Waals surface area contributed by atoms with E-state index in [0.29, 0.717) is 11.1 Å². The third kappa shape index (κ3) is 3.74. The third-order valence-electron chi connectivity index (χ3n) is 2.27. The summed E-state index contributed by atoms with van der Waals surface area (Å²) in [5.74, 6) is -0.315. The second-order valence-corrected chi connectivity index (χ2v) is 4.99. The topological polar surface area (TPSA) is 29.1 Å². The highest BCUT2D eigenvalue weighted by atomic mass is 19.1. The Morgan fingerprint density at radius 1 is 1.38 bits per heavy atom. The Morgan fingerprint density at radius 2 is 2.00 bits per heavy atom. The van der Waals surface area contributed by atoms with Crippen LogP contribution in [0.1, 0.15) is 36.7 Å². The minimum absolute atomic E-state index is 0.00701. The zero-order valence-corrected chi connectivity index (χ0v) is 10.2. The van der Waals surface area contributed by atoms with E-state index in [1.165, 1.54) is 18.2 Å². The lowest BCUT2D eigenvalue weighted by Crippen LogP contribution is -2.39. The van der Waals surface area contributed by atoms with Gasteiger partial charge in [0.2, 0.25) is 0 Å². The van der Waals surface area contributed by atoms with E-state index in [0.717, 1.165) is 0 Å². The molecule has 0 saturated carbocycles. The Kier molecular flexibility index (Phi) is 3.81. The molecular weight excluding hydrogens is 205 g/mol. The number of carbonyl (C=O) groups excluding carboxylic acids is 1. The van der Waals surface area contributed by atoms with Crippen molar-refractivity contribution in [2.45, 2.75) is 33.2 Å². The maximum atomic E-state index is 12.9. The number of ketones is 1. The van der Waals surface area contributed by atoms with Crippen molar-refractivity contribution < 1.29 is 9.18 Å². The Morgan fingerprint density at radius 3 is 2.50 bits per heavy atom. The lowest BCUT2D eigenvalue weighted by Gasteiger charge is -2.20. The largest absolute Gasteiger partial charge is 0.305 e. The van der Waals surface area contributed by atoms with Crippen molar-refractivity contribution in [2.24, 2.45) is 0 Å². The Hall–Kier alpha value is -1.22. The number of Topliss-reactive ketones (excluding diaryl/α,β-unsaturated/α-hetero) is 1. The molecule has 0 saturated heterocycles. The highest BCUT2D eigenvalue weighted by Crippen LogP contribution is 2.11. The van der Waals surface area contributed by atoms with Crippen LogP contribution in [-0.2, 0) is 0 Å². The molecule has 3 heteroatoms. The third-order valence-corrected chi connectivity index (χ3v) is 2.27. The molecule has 0 bridgehead atoms. The SMILES string of the molecule is Cc1cc(F)ccc1C(=O)CNC(C)(C)C. The van der Waals surface area contributed by atoms with Crippen LogP contribution in [0.15, 0.2) is 18.2 Å². The summed E-state index contributed by atoms with van der Waals surface area (Å²) >= 11 is 0. The maximum absolute atomic E-state index is 12.9. The molecule has 1 aromatic carbocycles. The van der Waals surface area contributed by atoms with Crippen molar-refractivity contribution in [3.05, 3.63) is 35.1 Å². The summed E-state index contributed by atoms with van der Waals surface area (Å²) in [6.45, 7) is 8.01. The molecule has 0 fully saturated rings. The summed E-state index contributed by atoms with van der Waals surface area (Å²) in [6, 6.07) is 4.24. The minimum atomic E-state index is -0.308. The van der Waals surface area contributed by atoms with E-state index in [-0.39, 0.29) is 23.7 Å². The number of nitrogens with one attached hydrogen (secondary N) is 1. The fourth-order valence-corrected chi connectivity index (χ4v) is 1.38. The zero-order chi connectivity index (χ0) is 12.3. The fraction of sp³-hybridized carbons (Fsp3) is 0.462. The minimum Gasteiger partial charge on any atom is -0.305 e. The van der Waals surface area contributed by atoms with Gasteiger partial charge in [-0.25, -0.2) is 4.39 Å². The van der Waals surface area contributed by atoms with E-state index < -0.39 is 0 Å². The number of hydrogen-bond acceptors (Lipinski definition) is 2. The van der Waals surface area contributed by atoms with Crippen LogP contribution in [0.3, 0.4) is 0 Å². The number of rotatable bonds is 3. The molecule has 2 nitrogen and oxygen atoms in total. The van der Waals surface area contributed by atoms with E-state index in [9.17, 15) is 9.18 Å². The highest BCUT2D eigenvalue weighted by Gasteiger charge is 2.14. The molecular formula is C13H18FNO. The molecule has 0 heterocycles. The first kappa shape index (κ1) is 12.8. The Balaban J connectivity index is 2.74. The number of benzene rings is 1. The summed E-state index contributed by atoms with van der Waals surface area (Å²) in [7, 11) is 0. The van der Waals surface area contributed by atoms with Crippen LogP contribution in [0.4, 0.5) is 4.39 Å². The van der Waals surface area contributed by atoms with Crippen molar-refractivity contribution in [1.29, 1.82) is 0 Å². The standard InChI is InChI=1S/C13H18FNO/c1-9-7-10(14)5-6-11(9)12(16)8-15-13(2,3)4/h5-7,15H,8H2,1-4H3. The molecule has 1 aromatic rings. The predicted octanol–water partition coefficient (Wildman–Crippen LogP) is 2.70. The van der Waals surface area contributed by atoms with Gasteiger partial charge < -0.3 is 5.32 Å². The van der Waals surface area contributed by atoms with Crippen molar-refractivity contribution in [1.82, 2.24) is 5.32 Å². The Labute approximate surface area is 95.9 Å². The van der Waals surface area contributed by atoms with Gasteiger partial charge in [0.05, 0.1) is 6.54 Å². The van der Waals surface area contributed by atoms with Gasteiger partial charge in [-0.1, -0.05) is 0 Å². The zero-order valence-electron chi connectivity index (χ0n) is 10.2. The molecule has 0 aliphatic rings. The summed E-state index contributed by atoms with van der Waals surface area (Å²) in [5, 5.41) is 3.12. The summed E-state index contributed by atoms with van der Waals surface area (Å²) < 4.78 is 12.9. The quantitative estimate of drug-likeness (QED) is 0.798. The first-order chi connectivity index (χ1) is 7.29. The monoisotopic (exact) mass is 223 g/mol. The van der Waals surface area contributed by atoms with Crippen LogP contribution >= 0.6 is 0 Å². The van der Waals surface area contributed by atoms with Gasteiger partial charge in [0.25, 0.3) is 0 Å². The van der Waals surface area contributed by atoms with Crippen LogP contribution in [-0.4, -0.2) is 17.9 Å². The van der Waals surface area contributed by atoms with E-state index in [1.54, 1.807) is 6.92 Å². The van der Waals surface area contributed by atoms with Crippen LogP contribution in [0.25, 0.3) is 0 Å². The van der Waals surface area contributed by atoms with Gasteiger partial charge in [-0.15, -0.1) is 0 Å². The van der Waals surface area contributed by atoms with Gasteiger partial charge in [-0.2, -0.15) is 0 Å². The Bertz CT molecular complexity index is 393. The lowest BCUT2D eigenvalue weighted by atomic mass is 10.0. The van der Waals surface area contributed by atoms with Crippen LogP contribution in [0, 0.1) is 12.7 Å². The van der Waals surface area contributed by atoms with E-state index in [1.807, 2.05) is 20.8 Å². The van der Waals surface area contributed by atoms with Gasteiger partial charge >= 0.3 is 0 Å². The average molecular weight is 223 g/mol. The number of hydrogen-bond donors (Lipinski definition) is 1. The molecule has 1 rings (SSSR count). The molecule has 0 aliphatic carbocycles. The van der Waals surface area contributed by atoms with Crippen LogP contribution in [0.5, 0.6) is 0 Å². The smallest absolute Gasteiger partial charge is 0.176 e. The molecule has 0 radical (unpaired) electrons.